The first kappa shape index (κ1) is 9.55. The van der Waals surface area contributed by atoms with Crippen LogP contribution >= 0.6 is 23.8 Å². The van der Waals surface area contributed by atoms with Crippen LogP contribution < -0.4 is 0 Å². The average molecular weight is 222 g/mol. The van der Waals surface area contributed by atoms with E-state index in [1.54, 1.807) is 0 Å². The molecule has 4 heteroatoms. The predicted octanol–water partition coefficient (Wildman–Crippen LogP) is 3.10. The summed E-state index contributed by atoms with van der Waals surface area (Å²) in [6, 6.07) is 8.45. The van der Waals surface area contributed by atoms with Gasteiger partial charge in [0, 0.05) is 6.42 Å². The van der Waals surface area contributed by atoms with Crippen LogP contribution in [0.4, 0.5) is 0 Å². The highest BCUT2D eigenvalue weighted by atomic mass is 32.2. The molecule has 0 amide bonds. The molecule has 0 radical (unpaired) electrons. The molecule has 0 bridgehead atoms. The van der Waals surface area contributed by atoms with Crippen molar-refractivity contribution in [1.82, 2.24) is 9.36 Å². The number of benzene rings is 1. The third kappa shape index (κ3) is 2.27. The summed E-state index contributed by atoms with van der Waals surface area (Å²) >= 11 is 6.35. The van der Waals surface area contributed by atoms with E-state index in [9.17, 15) is 0 Å². The van der Waals surface area contributed by atoms with Gasteiger partial charge in [-0.2, -0.15) is 0 Å². The smallest absolute Gasteiger partial charge is 0.198 e. The first-order valence-corrected chi connectivity index (χ1v) is 5.56. The van der Waals surface area contributed by atoms with Crippen LogP contribution in [0.1, 0.15) is 17.0 Å². The monoisotopic (exact) mass is 222 g/mol. The van der Waals surface area contributed by atoms with Gasteiger partial charge in [0.1, 0.15) is 5.82 Å². The first-order valence-electron chi connectivity index (χ1n) is 4.34. The van der Waals surface area contributed by atoms with Gasteiger partial charge in [0.05, 0.1) is 0 Å². The van der Waals surface area contributed by atoms with E-state index in [1.165, 1.54) is 22.7 Å². The van der Waals surface area contributed by atoms with E-state index >= 15 is 0 Å². The van der Waals surface area contributed by atoms with E-state index in [2.05, 4.69) is 40.5 Å². The molecule has 72 valence electrons. The molecule has 0 aliphatic carbocycles. The summed E-state index contributed by atoms with van der Waals surface area (Å²) in [5.74, 6) is 0.948. The molecule has 0 aliphatic rings. The number of aryl methyl sites for hydroxylation is 1. The quantitative estimate of drug-likeness (QED) is 0.791. The van der Waals surface area contributed by atoms with Gasteiger partial charge in [0.15, 0.2) is 3.95 Å². The molecule has 0 saturated heterocycles. The maximum atomic E-state index is 4.95. The molecule has 2 nitrogen and oxygen atoms in total. The Morgan fingerprint density at radius 3 is 2.64 bits per heavy atom. The second-order valence-corrected chi connectivity index (χ2v) is 4.63. The highest BCUT2D eigenvalue weighted by molar-refractivity contribution is 7.73. The fourth-order valence-corrected chi connectivity index (χ4v) is 1.95. The summed E-state index contributed by atoms with van der Waals surface area (Å²) < 4.78 is 3.77. The lowest BCUT2D eigenvalue weighted by Gasteiger charge is -1.98. The van der Waals surface area contributed by atoms with E-state index < -0.39 is 0 Å². The Morgan fingerprint density at radius 2 is 2.07 bits per heavy atom. The van der Waals surface area contributed by atoms with Crippen LogP contribution in [0.3, 0.4) is 0 Å². The molecule has 0 saturated carbocycles. The zero-order valence-electron chi connectivity index (χ0n) is 7.78. The number of nitrogens with one attached hydrogen (secondary N) is 1. The second-order valence-electron chi connectivity index (χ2n) is 3.19. The molecule has 0 spiro atoms. The number of rotatable bonds is 2. The van der Waals surface area contributed by atoms with Crippen molar-refractivity contribution in [3.05, 3.63) is 45.2 Å². The van der Waals surface area contributed by atoms with Crippen molar-refractivity contribution < 1.29 is 0 Å². The van der Waals surface area contributed by atoms with E-state index in [0.717, 1.165) is 12.2 Å². The summed E-state index contributed by atoms with van der Waals surface area (Å²) in [6.07, 6.45) is 0.827. The minimum atomic E-state index is 0.673. The van der Waals surface area contributed by atoms with Crippen molar-refractivity contribution >= 4 is 23.8 Å². The molecule has 1 aromatic heterocycles. The summed E-state index contributed by atoms with van der Waals surface area (Å²) in [7, 11) is 0. The highest BCUT2D eigenvalue weighted by Gasteiger charge is 1.98. The maximum absolute atomic E-state index is 4.95. The number of aromatic amines is 1. The molecule has 1 heterocycles. The van der Waals surface area contributed by atoms with Gasteiger partial charge in [-0.3, -0.25) is 4.37 Å². The Morgan fingerprint density at radius 1 is 1.36 bits per heavy atom. The Balaban J connectivity index is 2.19. The fourth-order valence-electron chi connectivity index (χ4n) is 1.23. The molecule has 0 fully saturated rings. The fraction of sp³-hybridized carbons (Fsp3) is 0.200. The van der Waals surface area contributed by atoms with Gasteiger partial charge < -0.3 is 0 Å². The van der Waals surface area contributed by atoms with E-state index in [1.807, 2.05) is 0 Å². The maximum Gasteiger partial charge on any atom is 0.198 e. The van der Waals surface area contributed by atoms with Crippen LogP contribution in [0.2, 0.25) is 0 Å². The predicted molar refractivity (Wildman–Crippen MR) is 61.3 cm³/mol. The molecule has 0 aliphatic heterocycles. The molecule has 2 rings (SSSR count). The van der Waals surface area contributed by atoms with Crippen LogP contribution in [-0.2, 0) is 6.42 Å². The molecule has 1 aromatic carbocycles. The van der Waals surface area contributed by atoms with Crippen LogP contribution in [0.15, 0.2) is 24.3 Å². The highest BCUT2D eigenvalue weighted by Crippen LogP contribution is 2.08. The van der Waals surface area contributed by atoms with Gasteiger partial charge in [0.25, 0.3) is 0 Å². The van der Waals surface area contributed by atoms with Crippen molar-refractivity contribution in [3.8, 4) is 0 Å². The minimum Gasteiger partial charge on any atom is -0.296 e. The van der Waals surface area contributed by atoms with Gasteiger partial charge in [0.2, 0.25) is 0 Å². The zero-order chi connectivity index (χ0) is 9.97. The normalized spacial score (nSPS) is 10.4. The van der Waals surface area contributed by atoms with Gasteiger partial charge in [-0.15, -0.1) is 0 Å². The van der Waals surface area contributed by atoms with Gasteiger partial charge >= 0.3 is 0 Å². The molecular formula is C10H10N2S2. The van der Waals surface area contributed by atoms with Crippen molar-refractivity contribution in [3.63, 3.8) is 0 Å². The topological polar surface area (TPSA) is 28.7 Å². The third-order valence-electron chi connectivity index (χ3n) is 1.97. The lowest BCUT2D eigenvalue weighted by Crippen LogP contribution is -1.90. The number of nitrogens with zero attached hydrogens (tertiary/aromatic N) is 1. The third-order valence-corrected chi connectivity index (χ3v) is 2.92. The van der Waals surface area contributed by atoms with Crippen molar-refractivity contribution in [1.29, 1.82) is 0 Å². The molecule has 0 atom stereocenters. The SMILES string of the molecule is Cc1ccc(Cc2nc(=S)s[nH]2)cc1. The number of hydrogen-bond acceptors (Lipinski definition) is 3. The van der Waals surface area contributed by atoms with Crippen LogP contribution in [-0.4, -0.2) is 9.36 Å². The zero-order valence-corrected chi connectivity index (χ0v) is 9.41. The van der Waals surface area contributed by atoms with Crippen LogP contribution in [0.5, 0.6) is 0 Å². The summed E-state index contributed by atoms with van der Waals surface area (Å²) in [5.41, 5.74) is 2.53. The van der Waals surface area contributed by atoms with Crippen molar-refractivity contribution in [2.75, 3.05) is 0 Å². The van der Waals surface area contributed by atoms with Gasteiger partial charge in [-0.05, 0) is 36.2 Å². The van der Waals surface area contributed by atoms with E-state index in [4.69, 9.17) is 12.2 Å². The Labute approximate surface area is 91.8 Å². The standard InChI is InChI=1S/C10H10N2S2/c1-7-2-4-8(5-3-7)6-9-11-10(13)14-12-9/h2-5H,6H2,1H3,(H,11,12,13). The molecule has 14 heavy (non-hydrogen) atoms. The molecule has 0 unspecified atom stereocenters. The van der Waals surface area contributed by atoms with E-state index in [-0.39, 0.29) is 0 Å². The van der Waals surface area contributed by atoms with E-state index in [0.29, 0.717) is 3.95 Å². The average Bonchev–Trinajstić information content (AvgIpc) is 2.56. The Hall–Kier alpha value is -1.00. The molecule has 1 N–H and O–H groups in total. The summed E-state index contributed by atoms with van der Waals surface area (Å²) in [5, 5.41) is 0. The Bertz CT molecular complexity index is 467. The van der Waals surface area contributed by atoms with Crippen LogP contribution in [0.25, 0.3) is 0 Å². The molecular weight excluding hydrogens is 212 g/mol. The van der Waals surface area contributed by atoms with Gasteiger partial charge in [-0.1, -0.05) is 29.8 Å². The minimum absolute atomic E-state index is 0.673. The molecule has 2 aromatic rings. The van der Waals surface area contributed by atoms with Crippen molar-refractivity contribution in [2.24, 2.45) is 0 Å². The summed E-state index contributed by atoms with van der Waals surface area (Å²) in [4.78, 5) is 4.21. The first-order chi connectivity index (χ1) is 6.74. The number of H-pyrrole nitrogens is 1. The number of aromatic nitrogens is 2. The second kappa shape index (κ2) is 4.02. The summed E-state index contributed by atoms with van der Waals surface area (Å²) in [6.45, 7) is 2.08. The van der Waals surface area contributed by atoms with Gasteiger partial charge in [-0.25, -0.2) is 4.98 Å². The van der Waals surface area contributed by atoms with Crippen LogP contribution in [0, 0.1) is 10.9 Å². The lowest BCUT2D eigenvalue weighted by molar-refractivity contribution is 1.03. The van der Waals surface area contributed by atoms with Crippen molar-refractivity contribution in [2.45, 2.75) is 13.3 Å². The Kier molecular flexibility index (Phi) is 2.74. The largest absolute Gasteiger partial charge is 0.296 e. The number of hydrogen-bond donors (Lipinski definition) is 1. The lowest BCUT2D eigenvalue weighted by atomic mass is 10.1.